The first kappa shape index (κ1) is 17.5. The molecular weight excluding hydrogens is 327 g/mol. The van der Waals surface area contributed by atoms with Crippen LogP contribution >= 0.6 is 0 Å². The zero-order valence-electron chi connectivity index (χ0n) is 14.3. The van der Waals surface area contributed by atoms with Crippen molar-refractivity contribution >= 4 is 11.8 Å². The highest BCUT2D eigenvalue weighted by molar-refractivity contribution is 5.78. The van der Waals surface area contributed by atoms with Gasteiger partial charge in [0.15, 0.2) is 11.5 Å². The summed E-state index contributed by atoms with van der Waals surface area (Å²) in [5.74, 6) is 1.22. The average Bonchev–Trinajstić information content (AvgIpc) is 3.23. The number of halogens is 1. The van der Waals surface area contributed by atoms with Crippen molar-refractivity contribution < 1.29 is 23.5 Å². The molecule has 7 heteroatoms. The molecule has 0 unspecified atom stereocenters. The van der Waals surface area contributed by atoms with Crippen LogP contribution in [0.5, 0.6) is 11.5 Å². The van der Waals surface area contributed by atoms with Crippen LogP contribution in [0.25, 0.3) is 0 Å². The SMILES string of the molecule is CCC(=O)NC[C@@H]1C[C@H](F)CN1C(=O)CCc1ccc2c(c1)OCO2. The molecule has 0 radical (unpaired) electrons. The Bertz CT molecular complexity index is 652. The molecule has 0 bridgehead atoms. The number of nitrogens with zero attached hydrogens (tertiary/aromatic N) is 1. The lowest BCUT2D eigenvalue weighted by Gasteiger charge is -2.24. The van der Waals surface area contributed by atoms with Gasteiger partial charge < -0.3 is 19.7 Å². The van der Waals surface area contributed by atoms with Crippen LogP contribution in [0.3, 0.4) is 0 Å². The number of carbonyl (C=O) groups is 2. The minimum absolute atomic E-state index is 0.0879. The van der Waals surface area contributed by atoms with Crippen LogP contribution in [0.1, 0.15) is 31.7 Å². The summed E-state index contributed by atoms with van der Waals surface area (Å²) < 4.78 is 24.4. The third-order valence-corrected chi connectivity index (χ3v) is 4.60. The second-order valence-electron chi connectivity index (χ2n) is 6.38. The fourth-order valence-electron chi connectivity index (χ4n) is 3.21. The number of likely N-dealkylation sites (tertiary alicyclic amines) is 1. The van der Waals surface area contributed by atoms with E-state index in [1.54, 1.807) is 11.8 Å². The fraction of sp³-hybridized carbons (Fsp3) is 0.556. The molecule has 2 aliphatic heterocycles. The molecule has 1 fully saturated rings. The Hall–Kier alpha value is -2.31. The molecule has 2 amide bonds. The summed E-state index contributed by atoms with van der Waals surface area (Å²) in [6, 6.07) is 5.34. The predicted molar refractivity (Wildman–Crippen MR) is 89.2 cm³/mol. The van der Waals surface area contributed by atoms with Gasteiger partial charge in [-0.05, 0) is 24.1 Å². The predicted octanol–water partition coefficient (Wildman–Crippen LogP) is 1.81. The lowest BCUT2D eigenvalue weighted by atomic mass is 10.1. The summed E-state index contributed by atoms with van der Waals surface area (Å²) in [7, 11) is 0. The molecule has 0 aliphatic carbocycles. The third-order valence-electron chi connectivity index (χ3n) is 4.60. The quantitative estimate of drug-likeness (QED) is 0.850. The summed E-state index contributed by atoms with van der Waals surface area (Å²) in [5.41, 5.74) is 0.976. The van der Waals surface area contributed by atoms with Gasteiger partial charge in [0.1, 0.15) is 6.17 Å². The van der Waals surface area contributed by atoms with Crippen LogP contribution in [0.4, 0.5) is 4.39 Å². The number of hydrogen-bond acceptors (Lipinski definition) is 4. The zero-order chi connectivity index (χ0) is 17.8. The molecule has 1 aromatic carbocycles. The Morgan fingerprint density at radius 2 is 2.12 bits per heavy atom. The molecule has 2 atom stereocenters. The van der Waals surface area contributed by atoms with Crippen molar-refractivity contribution in [1.82, 2.24) is 10.2 Å². The molecule has 1 saturated heterocycles. The summed E-state index contributed by atoms with van der Waals surface area (Å²) in [6.45, 7) is 2.39. The standard InChI is InChI=1S/C18H23FN2O4/c1-2-17(22)20-9-14-8-13(19)10-21(14)18(23)6-4-12-3-5-15-16(7-12)25-11-24-15/h3,5,7,13-14H,2,4,6,8-11H2,1H3,(H,20,22)/t13-,14-/m0/s1. The molecule has 1 aromatic rings. The van der Waals surface area contributed by atoms with Crippen molar-refractivity contribution in [3.8, 4) is 11.5 Å². The summed E-state index contributed by atoms with van der Waals surface area (Å²) in [5, 5.41) is 2.75. The number of alkyl halides is 1. The fourth-order valence-corrected chi connectivity index (χ4v) is 3.21. The second-order valence-corrected chi connectivity index (χ2v) is 6.38. The van der Waals surface area contributed by atoms with Crippen LogP contribution in [0, 0.1) is 0 Å². The van der Waals surface area contributed by atoms with Gasteiger partial charge in [0.25, 0.3) is 0 Å². The number of nitrogens with one attached hydrogen (secondary N) is 1. The highest BCUT2D eigenvalue weighted by atomic mass is 19.1. The molecule has 1 N–H and O–H groups in total. The summed E-state index contributed by atoms with van der Waals surface area (Å²) >= 11 is 0. The Labute approximate surface area is 146 Å². The first-order valence-electron chi connectivity index (χ1n) is 8.65. The second kappa shape index (κ2) is 7.72. The van der Waals surface area contributed by atoms with Gasteiger partial charge in [0.05, 0.1) is 12.6 Å². The minimum Gasteiger partial charge on any atom is -0.454 e. The molecule has 0 aromatic heterocycles. The van der Waals surface area contributed by atoms with Crippen molar-refractivity contribution in [3.63, 3.8) is 0 Å². The summed E-state index contributed by atoms with van der Waals surface area (Å²) in [6.07, 6.45) is 0.475. The number of rotatable bonds is 6. The highest BCUT2D eigenvalue weighted by Gasteiger charge is 2.35. The lowest BCUT2D eigenvalue weighted by molar-refractivity contribution is -0.132. The molecule has 25 heavy (non-hydrogen) atoms. The van der Waals surface area contributed by atoms with Gasteiger partial charge in [-0.3, -0.25) is 9.59 Å². The van der Waals surface area contributed by atoms with E-state index in [1.807, 2.05) is 18.2 Å². The number of hydrogen-bond donors (Lipinski definition) is 1. The molecule has 2 heterocycles. The molecule has 2 aliphatic rings. The van der Waals surface area contributed by atoms with E-state index < -0.39 is 6.17 Å². The van der Waals surface area contributed by atoms with E-state index in [2.05, 4.69) is 5.32 Å². The van der Waals surface area contributed by atoms with Crippen LogP contribution < -0.4 is 14.8 Å². The first-order chi connectivity index (χ1) is 12.1. The Morgan fingerprint density at radius 3 is 2.92 bits per heavy atom. The van der Waals surface area contributed by atoms with Crippen molar-refractivity contribution in [1.29, 1.82) is 0 Å². The van der Waals surface area contributed by atoms with Gasteiger partial charge in [-0.15, -0.1) is 0 Å². The Morgan fingerprint density at radius 1 is 1.32 bits per heavy atom. The van der Waals surface area contributed by atoms with E-state index in [-0.39, 0.29) is 37.6 Å². The number of carbonyl (C=O) groups excluding carboxylic acids is 2. The molecule has 0 saturated carbocycles. The van der Waals surface area contributed by atoms with Gasteiger partial charge in [0.2, 0.25) is 18.6 Å². The number of aryl methyl sites for hydroxylation is 1. The van der Waals surface area contributed by atoms with Gasteiger partial charge >= 0.3 is 0 Å². The van der Waals surface area contributed by atoms with Crippen molar-refractivity contribution in [3.05, 3.63) is 23.8 Å². The molecule has 0 spiro atoms. The van der Waals surface area contributed by atoms with Gasteiger partial charge in [-0.2, -0.15) is 0 Å². The molecule has 3 rings (SSSR count). The normalized spacial score (nSPS) is 21.4. The largest absolute Gasteiger partial charge is 0.454 e. The van der Waals surface area contributed by atoms with E-state index in [4.69, 9.17) is 9.47 Å². The number of benzene rings is 1. The van der Waals surface area contributed by atoms with Crippen LogP contribution in [-0.4, -0.2) is 48.8 Å². The number of amides is 2. The number of ether oxygens (including phenoxy) is 2. The smallest absolute Gasteiger partial charge is 0.231 e. The van der Waals surface area contributed by atoms with E-state index in [0.29, 0.717) is 37.3 Å². The van der Waals surface area contributed by atoms with Gasteiger partial charge in [0, 0.05) is 25.8 Å². The van der Waals surface area contributed by atoms with E-state index >= 15 is 0 Å². The Kier molecular flexibility index (Phi) is 5.40. The van der Waals surface area contributed by atoms with E-state index in [9.17, 15) is 14.0 Å². The zero-order valence-corrected chi connectivity index (χ0v) is 14.3. The van der Waals surface area contributed by atoms with Gasteiger partial charge in [-0.1, -0.05) is 13.0 Å². The van der Waals surface area contributed by atoms with Crippen LogP contribution in [0.15, 0.2) is 18.2 Å². The maximum atomic E-state index is 13.8. The van der Waals surface area contributed by atoms with E-state index in [0.717, 1.165) is 5.56 Å². The highest BCUT2D eigenvalue weighted by Crippen LogP contribution is 2.33. The van der Waals surface area contributed by atoms with Crippen molar-refractivity contribution in [2.75, 3.05) is 19.9 Å². The average molecular weight is 350 g/mol. The van der Waals surface area contributed by atoms with Crippen molar-refractivity contribution in [2.24, 2.45) is 0 Å². The van der Waals surface area contributed by atoms with Crippen molar-refractivity contribution in [2.45, 2.75) is 44.8 Å². The van der Waals surface area contributed by atoms with Crippen LogP contribution in [-0.2, 0) is 16.0 Å². The lowest BCUT2D eigenvalue weighted by Crippen LogP contribution is -2.43. The van der Waals surface area contributed by atoms with Crippen LogP contribution in [0.2, 0.25) is 0 Å². The topological polar surface area (TPSA) is 67.9 Å². The molecular formula is C18H23FN2O4. The summed E-state index contributed by atoms with van der Waals surface area (Å²) in [4.78, 5) is 25.5. The van der Waals surface area contributed by atoms with E-state index in [1.165, 1.54) is 0 Å². The first-order valence-corrected chi connectivity index (χ1v) is 8.65. The monoisotopic (exact) mass is 350 g/mol. The maximum absolute atomic E-state index is 13.8. The maximum Gasteiger partial charge on any atom is 0.231 e. The molecule has 6 nitrogen and oxygen atoms in total. The van der Waals surface area contributed by atoms with Gasteiger partial charge in [-0.25, -0.2) is 4.39 Å². The Balaban J connectivity index is 1.54. The minimum atomic E-state index is -1.03. The third kappa shape index (κ3) is 4.21. The number of fused-ring (bicyclic) bond motifs is 1. The molecule has 136 valence electrons.